The summed E-state index contributed by atoms with van der Waals surface area (Å²) in [5.41, 5.74) is 2.46. The number of amides is 1. The maximum absolute atomic E-state index is 13.3. The van der Waals surface area contributed by atoms with Crippen molar-refractivity contribution in [3.05, 3.63) is 48.5 Å². The molecule has 0 radical (unpaired) electrons. The number of aromatic nitrogens is 3. The Labute approximate surface area is 162 Å². The Hall–Kier alpha value is -3.00. The highest BCUT2D eigenvalue weighted by atomic mass is 19.1. The van der Waals surface area contributed by atoms with Crippen LogP contribution in [-0.2, 0) is 11.8 Å². The Morgan fingerprint density at radius 2 is 2.00 bits per heavy atom. The van der Waals surface area contributed by atoms with Gasteiger partial charge in [-0.05, 0) is 31.2 Å². The van der Waals surface area contributed by atoms with Gasteiger partial charge in [-0.25, -0.2) is 9.37 Å². The highest BCUT2D eigenvalue weighted by Crippen LogP contribution is 2.26. The fourth-order valence-corrected chi connectivity index (χ4v) is 3.64. The summed E-state index contributed by atoms with van der Waals surface area (Å²) >= 11 is 0. The minimum Gasteiger partial charge on any atom is -0.368 e. The van der Waals surface area contributed by atoms with Crippen LogP contribution in [0.5, 0.6) is 0 Å². The van der Waals surface area contributed by atoms with E-state index in [0.29, 0.717) is 5.69 Å². The topological polar surface area (TPSA) is 66.3 Å². The smallest absolute Gasteiger partial charge is 0.241 e. The predicted octanol–water partition coefficient (Wildman–Crippen LogP) is 2.26. The van der Waals surface area contributed by atoms with E-state index >= 15 is 0 Å². The lowest BCUT2D eigenvalue weighted by atomic mass is 10.2. The minimum absolute atomic E-state index is 0.127. The van der Waals surface area contributed by atoms with Gasteiger partial charge in [-0.1, -0.05) is 6.07 Å². The maximum atomic E-state index is 13.3. The molecule has 1 aliphatic heterocycles. The second-order valence-electron chi connectivity index (χ2n) is 7.03. The van der Waals surface area contributed by atoms with Crippen LogP contribution in [0.4, 0.5) is 15.8 Å². The van der Waals surface area contributed by atoms with E-state index in [-0.39, 0.29) is 17.8 Å². The first-order valence-corrected chi connectivity index (χ1v) is 9.35. The second kappa shape index (κ2) is 7.55. The quantitative estimate of drug-likeness (QED) is 0.750. The van der Waals surface area contributed by atoms with Gasteiger partial charge in [0.2, 0.25) is 5.91 Å². The van der Waals surface area contributed by atoms with Crippen LogP contribution in [0.1, 0.15) is 6.92 Å². The monoisotopic (exact) mass is 382 g/mol. The van der Waals surface area contributed by atoms with Crippen molar-refractivity contribution in [1.82, 2.24) is 19.7 Å². The fraction of sp³-hybridized carbons (Fsp3) is 0.350. The van der Waals surface area contributed by atoms with Crippen LogP contribution in [0.3, 0.4) is 0 Å². The summed E-state index contributed by atoms with van der Waals surface area (Å²) in [6, 6.07) is 7.68. The fourth-order valence-electron chi connectivity index (χ4n) is 3.64. The van der Waals surface area contributed by atoms with Gasteiger partial charge in [0.1, 0.15) is 5.82 Å². The lowest BCUT2D eigenvalue weighted by Crippen LogP contribution is -2.52. The zero-order valence-electron chi connectivity index (χ0n) is 16.0. The normalized spacial score (nSPS) is 16.3. The second-order valence-corrected chi connectivity index (χ2v) is 7.03. The van der Waals surface area contributed by atoms with Crippen molar-refractivity contribution in [2.24, 2.45) is 7.05 Å². The molecule has 1 saturated heterocycles. The van der Waals surface area contributed by atoms with Crippen LogP contribution in [0.25, 0.3) is 11.0 Å². The molecule has 0 spiro atoms. The van der Waals surface area contributed by atoms with Crippen molar-refractivity contribution in [2.45, 2.75) is 13.0 Å². The zero-order valence-corrected chi connectivity index (χ0v) is 16.0. The van der Waals surface area contributed by atoms with Gasteiger partial charge in [0.25, 0.3) is 0 Å². The van der Waals surface area contributed by atoms with Crippen LogP contribution >= 0.6 is 0 Å². The SMILES string of the molecule is CC(C(=O)Nc1cccc(F)c1)N1CCN(c2ccnc3c2cnn3C)CC1. The standard InChI is InChI=1S/C20H23FN6O/c1-14(20(28)24-16-5-3-4-15(21)12-16)26-8-10-27(11-9-26)18-6-7-22-19-17(18)13-23-25(19)2/h3-7,12-14H,8-11H2,1-2H3,(H,24,28). The maximum Gasteiger partial charge on any atom is 0.241 e. The number of rotatable bonds is 4. The van der Waals surface area contributed by atoms with Gasteiger partial charge in [0, 0.05) is 45.1 Å². The molecule has 1 aromatic carbocycles. The Bertz CT molecular complexity index is 995. The number of benzene rings is 1. The minimum atomic E-state index is -0.363. The number of hydrogen-bond acceptors (Lipinski definition) is 5. The molecule has 0 saturated carbocycles. The first-order valence-electron chi connectivity index (χ1n) is 9.35. The molecule has 146 valence electrons. The van der Waals surface area contributed by atoms with E-state index in [9.17, 15) is 9.18 Å². The molecule has 3 heterocycles. The molecule has 4 rings (SSSR count). The largest absolute Gasteiger partial charge is 0.368 e. The number of hydrogen-bond donors (Lipinski definition) is 1. The number of carbonyl (C=O) groups excluding carboxylic acids is 1. The summed E-state index contributed by atoms with van der Waals surface area (Å²) in [6.07, 6.45) is 3.65. The van der Waals surface area contributed by atoms with Crippen molar-refractivity contribution in [3.63, 3.8) is 0 Å². The number of anilines is 2. The molecule has 1 unspecified atom stereocenters. The molecule has 28 heavy (non-hydrogen) atoms. The van der Waals surface area contributed by atoms with E-state index in [4.69, 9.17) is 0 Å². The molecule has 7 nitrogen and oxygen atoms in total. The first-order chi connectivity index (χ1) is 13.5. The van der Waals surface area contributed by atoms with Gasteiger partial charge in [0.15, 0.2) is 5.65 Å². The number of halogens is 1. The molecular formula is C20H23FN6O. The van der Waals surface area contributed by atoms with Crippen molar-refractivity contribution in [2.75, 3.05) is 36.4 Å². The molecule has 1 aliphatic rings. The summed E-state index contributed by atoms with van der Waals surface area (Å²) in [7, 11) is 1.88. The van der Waals surface area contributed by atoms with Crippen molar-refractivity contribution in [1.29, 1.82) is 0 Å². The summed E-state index contributed by atoms with van der Waals surface area (Å²) in [5, 5.41) is 8.13. The molecular weight excluding hydrogens is 359 g/mol. The first kappa shape index (κ1) is 18.4. The van der Waals surface area contributed by atoms with E-state index in [1.807, 2.05) is 26.2 Å². The van der Waals surface area contributed by atoms with Gasteiger partial charge in [-0.15, -0.1) is 0 Å². The average Bonchev–Trinajstić information content (AvgIpc) is 3.09. The third-order valence-corrected chi connectivity index (χ3v) is 5.29. The van der Waals surface area contributed by atoms with Crippen LogP contribution in [0.2, 0.25) is 0 Å². The lowest BCUT2D eigenvalue weighted by molar-refractivity contribution is -0.120. The number of nitrogens with one attached hydrogen (secondary N) is 1. The number of fused-ring (bicyclic) bond motifs is 1. The number of nitrogens with zero attached hydrogens (tertiary/aromatic N) is 5. The van der Waals surface area contributed by atoms with Crippen LogP contribution in [0, 0.1) is 5.82 Å². The number of carbonyl (C=O) groups is 1. The van der Waals surface area contributed by atoms with E-state index in [1.54, 1.807) is 23.0 Å². The molecule has 2 aromatic heterocycles. The average molecular weight is 382 g/mol. The van der Waals surface area contributed by atoms with Crippen molar-refractivity contribution < 1.29 is 9.18 Å². The van der Waals surface area contributed by atoms with E-state index in [2.05, 4.69) is 25.2 Å². The molecule has 8 heteroatoms. The Balaban J connectivity index is 1.40. The third kappa shape index (κ3) is 3.55. The summed E-state index contributed by atoms with van der Waals surface area (Å²) < 4.78 is 15.1. The number of pyridine rings is 1. The molecule has 1 atom stereocenters. The van der Waals surface area contributed by atoms with Crippen LogP contribution in [-0.4, -0.2) is 57.8 Å². The third-order valence-electron chi connectivity index (χ3n) is 5.29. The van der Waals surface area contributed by atoms with Gasteiger partial charge >= 0.3 is 0 Å². The number of aryl methyl sites for hydroxylation is 1. The molecule has 1 N–H and O–H groups in total. The van der Waals surface area contributed by atoms with Crippen LogP contribution < -0.4 is 10.2 Å². The Kier molecular flexibility index (Phi) is 4.95. The summed E-state index contributed by atoms with van der Waals surface area (Å²) in [5.74, 6) is -0.490. The highest BCUT2D eigenvalue weighted by Gasteiger charge is 2.26. The molecule has 1 fully saturated rings. The van der Waals surface area contributed by atoms with E-state index < -0.39 is 0 Å². The van der Waals surface area contributed by atoms with Gasteiger partial charge < -0.3 is 10.2 Å². The molecule has 0 aliphatic carbocycles. The molecule has 1 amide bonds. The summed E-state index contributed by atoms with van der Waals surface area (Å²) in [6.45, 7) is 5.04. The summed E-state index contributed by atoms with van der Waals surface area (Å²) in [4.78, 5) is 21.4. The zero-order chi connectivity index (χ0) is 19.7. The van der Waals surface area contributed by atoms with Crippen LogP contribution in [0.15, 0.2) is 42.7 Å². The Morgan fingerprint density at radius 3 is 2.75 bits per heavy atom. The lowest BCUT2D eigenvalue weighted by Gasteiger charge is -2.38. The number of piperazine rings is 1. The van der Waals surface area contributed by atoms with E-state index in [0.717, 1.165) is 42.9 Å². The molecule has 3 aromatic rings. The van der Waals surface area contributed by atoms with Crippen molar-refractivity contribution in [3.8, 4) is 0 Å². The van der Waals surface area contributed by atoms with Gasteiger partial charge in [0.05, 0.1) is 23.3 Å². The molecule has 0 bridgehead atoms. The van der Waals surface area contributed by atoms with E-state index in [1.165, 1.54) is 12.1 Å². The van der Waals surface area contributed by atoms with Gasteiger partial charge in [-0.3, -0.25) is 14.4 Å². The van der Waals surface area contributed by atoms with Crippen molar-refractivity contribution >= 4 is 28.3 Å². The van der Waals surface area contributed by atoms with Gasteiger partial charge in [-0.2, -0.15) is 5.10 Å². The Morgan fingerprint density at radius 1 is 1.21 bits per heavy atom. The predicted molar refractivity (Wildman–Crippen MR) is 107 cm³/mol. The highest BCUT2D eigenvalue weighted by molar-refractivity contribution is 5.94.